The van der Waals surface area contributed by atoms with Crippen LogP contribution in [-0.4, -0.2) is 52.7 Å². The molecule has 2 saturated heterocycles. The van der Waals surface area contributed by atoms with Crippen molar-refractivity contribution in [1.29, 1.82) is 0 Å². The van der Waals surface area contributed by atoms with Crippen LogP contribution in [-0.2, 0) is 0 Å². The van der Waals surface area contributed by atoms with Crippen LogP contribution >= 0.6 is 0 Å². The highest BCUT2D eigenvalue weighted by molar-refractivity contribution is 5.77. The van der Waals surface area contributed by atoms with Gasteiger partial charge >= 0.3 is 0 Å². The number of oxime groups is 1. The highest BCUT2D eigenvalue weighted by Crippen LogP contribution is 2.23. The number of piperazine rings is 1. The van der Waals surface area contributed by atoms with Crippen LogP contribution in [0.3, 0.4) is 0 Å². The molecule has 86 valence electrons. The van der Waals surface area contributed by atoms with Gasteiger partial charge in [-0.25, -0.2) is 0 Å². The number of hydrogen-bond acceptors (Lipinski definition) is 3. The van der Waals surface area contributed by atoms with E-state index in [-0.39, 0.29) is 5.96 Å². The molecule has 0 radical (unpaired) electrons. The van der Waals surface area contributed by atoms with Gasteiger partial charge in [0.15, 0.2) is 0 Å². The molecule has 2 heterocycles. The molecule has 2 fully saturated rings. The van der Waals surface area contributed by atoms with Gasteiger partial charge in [-0.05, 0) is 26.3 Å². The molecule has 15 heavy (non-hydrogen) atoms. The second-order valence-corrected chi connectivity index (χ2v) is 4.60. The van der Waals surface area contributed by atoms with Gasteiger partial charge < -0.3 is 15.8 Å². The number of nitrogens with zero attached hydrogens (tertiary/aromatic N) is 3. The van der Waals surface area contributed by atoms with Crippen LogP contribution in [0.4, 0.5) is 0 Å². The number of piperidine rings is 1. The Balaban J connectivity index is 2.04. The maximum atomic E-state index is 8.71. The molecule has 2 aliphatic heterocycles. The van der Waals surface area contributed by atoms with Gasteiger partial charge in [-0.3, -0.25) is 4.90 Å². The van der Waals surface area contributed by atoms with Gasteiger partial charge in [0, 0.05) is 25.2 Å². The molecule has 5 nitrogen and oxygen atoms in total. The Hall–Kier alpha value is -0.970. The zero-order valence-corrected chi connectivity index (χ0v) is 9.26. The monoisotopic (exact) mass is 212 g/mol. The van der Waals surface area contributed by atoms with Crippen molar-refractivity contribution in [2.75, 3.05) is 19.6 Å². The Labute approximate surface area is 90.5 Å². The molecular formula is C10H20N4O. The summed E-state index contributed by atoms with van der Waals surface area (Å²) < 4.78 is 0. The minimum Gasteiger partial charge on any atom is -0.408 e. The van der Waals surface area contributed by atoms with E-state index in [1.54, 1.807) is 0 Å². The smallest absolute Gasteiger partial charge is 0.233 e. The van der Waals surface area contributed by atoms with E-state index in [9.17, 15) is 0 Å². The quantitative estimate of drug-likeness (QED) is 0.261. The molecule has 0 spiro atoms. The topological polar surface area (TPSA) is 65.1 Å². The largest absolute Gasteiger partial charge is 0.408 e. The van der Waals surface area contributed by atoms with Crippen molar-refractivity contribution in [2.24, 2.45) is 10.9 Å². The van der Waals surface area contributed by atoms with E-state index in [2.05, 4.69) is 17.0 Å². The van der Waals surface area contributed by atoms with Crippen LogP contribution in [0, 0.1) is 0 Å². The van der Waals surface area contributed by atoms with Gasteiger partial charge in [-0.2, -0.15) is 0 Å². The summed E-state index contributed by atoms with van der Waals surface area (Å²) in [6.07, 6.45) is 3.86. The molecule has 0 aromatic carbocycles. The molecule has 2 atom stereocenters. The second-order valence-electron chi connectivity index (χ2n) is 4.60. The van der Waals surface area contributed by atoms with Crippen LogP contribution in [0.5, 0.6) is 0 Å². The first kappa shape index (κ1) is 10.5. The van der Waals surface area contributed by atoms with Crippen molar-refractivity contribution in [3.8, 4) is 0 Å². The van der Waals surface area contributed by atoms with Crippen molar-refractivity contribution in [1.82, 2.24) is 9.80 Å². The van der Waals surface area contributed by atoms with Crippen molar-refractivity contribution in [2.45, 2.75) is 38.3 Å². The first-order valence-electron chi connectivity index (χ1n) is 5.70. The van der Waals surface area contributed by atoms with Gasteiger partial charge in [-0.1, -0.05) is 11.6 Å². The Bertz CT molecular complexity index is 256. The Morgan fingerprint density at radius 2 is 2.20 bits per heavy atom. The second kappa shape index (κ2) is 4.26. The summed E-state index contributed by atoms with van der Waals surface area (Å²) in [5.74, 6) is 0.257. The summed E-state index contributed by atoms with van der Waals surface area (Å²) in [7, 11) is 0. The molecule has 5 heteroatoms. The normalized spacial score (nSPS) is 33.9. The fourth-order valence-electron chi connectivity index (χ4n) is 2.73. The first-order chi connectivity index (χ1) is 7.22. The van der Waals surface area contributed by atoms with Gasteiger partial charge in [0.2, 0.25) is 5.96 Å². The van der Waals surface area contributed by atoms with Crippen LogP contribution < -0.4 is 5.73 Å². The third-order valence-electron chi connectivity index (χ3n) is 3.58. The summed E-state index contributed by atoms with van der Waals surface area (Å²) in [5.41, 5.74) is 5.67. The highest BCUT2D eigenvalue weighted by Gasteiger charge is 2.33. The zero-order chi connectivity index (χ0) is 10.8. The minimum absolute atomic E-state index is 0.257. The van der Waals surface area contributed by atoms with Crippen LogP contribution in [0.25, 0.3) is 0 Å². The fraction of sp³-hybridized carbons (Fsp3) is 0.900. The van der Waals surface area contributed by atoms with E-state index in [1.807, 2.05) is 4.90 Å². The summed E-state index contributed by atoms with van der Waals surface area (Å²) >= 11 is 0. The van der Waals surface area contributed by atoms with Crippen LogP contribution in [0.1, 0.15) is 26.2 Å². The Kier molecular flexibility index (Phi) is 3.00. The molecule has 2 rings (SSSR count). The summed E-state index contributed by atoms with van der Waals surface area (Å²) in [6.45, 7) is 5.26. The number of rotatable bonds is 0. The minimum atomic E-state index is 0.257. The third kappa shape index (κ3) is 2.02. The van der Waals surface area contributed by atoms with E-state index < -0.39 is 0 Å². The lowest BCUT2D eigenvalue weighted by Crippen LogP contribution is -2.61. The van der Waals surface area contributed by atoms with E-state index >= 15 is 0 Å². The number of hydrogen-bond donors (Lipinski definition) is 2. The van der Waals surface area contributed by atoms with E-state index in [4.69, 9.17) is 10.9 Å². The summed E-state index contributed by atoms with van der Waals surface area (Å²) in [6, 6.07) is 0.936. The maximum absolute atomic E-state index is 8.71. The molecule has 3 N–H and O–H groups in total. The molecule has 2 aliphatic rings. The molecule has 0 amide bonds. The SMILES string of the molecule is CC1CN2CCCCC2CN1C(N)=NO. The first-order valence-corrected chi connectivity index (χ1v) is 5.70. The predicted octanol–water partition coefficient (Wildman–Crippen LogP) is 0.249. The fourth-order valence-corrected chi connectivity index (χ4v) is 2.73. The highest BCUT2D eigenvalue weighted by atomic mass is 16.4. The average Bonchev–Trinajstić information content (AvgIpc) is 2.27. The predicted molar refractivity (Wildman–Crippen MR) is 58.8 cm³/mol. The van der Waals surface area contributed by atoms with Gasteiger partial charge in [0.05, 0.1) is 0 Å². The number of fused-ring (bicyclic) bond motifs is 1. The average molecular weight is 212 g/mol. The number of guanidine groups is 1. The summed E-state index contributed by atoms with van der Waals surface area (Å²) in [5, 5.41) is 11.8. The molecule has 0 aromatic rings. The van der Waals surface area contributed by atoms with Crippen LogP contribution in [0.2, 0.25) is 0 Å². The molecule has 2 unspecified atom stereocenters. The zero-order valence-electron chi connectivity index (χ0n) is 9.26. The Morgan fingerprint density at radius 1 is 1.40 bits per heavy atom. The Morgan fingerprint density at radius 3 is 2.93 bits per heavy atom. The van der Waals surface area contributed by atoms with Crippen molar-refractivity contribution in [3.05, 3.63) is 0 Å². The van der Waals surface area contributed by atoms with E-state index in [1.165, 1.54) is 25.8 Å². The lowest BCUT2D eigenvalue weighted by molar-refractivity contribution is 0.0480. The van der Waals surface area contributed by atoms with E-state index in [0.29, 0.717) is 12.1 Å². The van der Waals surface area contributed by atoms with Gasteiger partial charge in [-0.15, -0.1) is 0 Å². The molecule has 0 saturated carbocycles. The van der Waals surface area contributed by atoms with Crippen molar-refractivity contribution >= 4 is 5.96 Å². The van der Waals surface area contributed by atoms with Crippen molar-refractivity contribution in [3.63, 3.8) is 0 Å². The van der Waals surface area contributed by atoms with Crippen LogP contribution in [0.15, 0.2) is 5.16 Å². The third-order valence-corrected chi connectivity index (χ3v) is 3.58. The standard InChI is InChI=1S/C10H20N4O/c1-8-6-13-5-3-2-4-9(13)7-14(8)10(11)12-15/h8-9,15H,2-7H2,1H3,(H2,11,12). The summed E-state index contributed by atoms with van der Waals surface area (Å²) in [4.78, 5) is 4.54. The molecular weight excluding hydrogens is 192 g/mol. The van der Waals surface area contributed by atoms with Gasteiger partial charge in [0.1, 0.15) is 0 Å². The van der Waals surface area contributed by atoms with Crippen molar-refractivity contribution < 1.29 is 5.21 Å². The molecule has 0 bridgehead atoms. The molecule has 0 aromatic heterocycles. The molecule has 0 aliphatic carbocycles. The van der Waals surface area contributed by atoms with E-state index in [0.717, 1.165) is 13.1 Å². The maximum Gasteiger partial charge on any atom is 0.233 e. The number of nitrogens with two attached hydrogens (primary N) is 1. The lowest BCUT2D eigenvalue weighted by atomic mass is 9.97. The van der Waals surface area contributed by atoms with Gasteiger partial charge in [0.25, 0.3) is 0 Å². The lowest BCUT2D eigenvalue weighted by Gasteiger charge is -2.47.